The van der Waals surface area contributed by atoms with Gasteiger partial charge in [-0.15, -0.1) is 0 Å². The SMILES string of the molecule is O=C(NC1(c2ccc(Cl)nc2)CC1)c1ccc(/C=C/C(c2cc(Cl)c(F)c(Cl)c2)C(F)(F)F)cc1Br. The number of nitrogens with one attached hydrogen (secondary N) is 1. The largest absolute Gasteiger partial charge is 0.399 e. The molecule has 11 heteroatoms. The van der Waals surface area contributed by atoms with E-state index in [9.17, 15) is 22.4 Å². The number of nitrogens with zero attached hydrogens (tertiary/aromatic N) is 1. The van der Waals surface area contributed by atoms with Crippen LogP contribution in [-0.2, 0) is 5.54 Å². The quantitative estimate of drug-likeness (QED) is 0.170. The fourth-order valence-corrected chi connectivity index (χ4v) is 4.94. The molecule has 1 amide bonds. The number of hydrogen-bond donors (Lipinski definition) is 1. The summed E-state index contributed by atoms with van der Waals surface area (Å²) in [7, 11) is 0. The highest BCUT2D eigenvalue weighted by Crippen LogP contribution is 2.46. The minimum absolute atomic E-state index is 0.295. The van der Waals surface area contributed by atoms with Crippen LogP contribution in [0.1, 0.15) is 45.8 Å². The Morgan fingerprint density at radius 3 is 2.28 bits per heavy atom. The van der Waals surface area contributed by atoms with Gasteiger partial charge in [-0.25, -0.2) is 9.37 Å². The van der Waals surface area contributed by atoms with Crippen molar-refractivity contribution in [3.63, 3.8) is 0 Å². The highest BCUT2D eigenvalue weighted by molar-refractivity contribution is 9.10. The minimum Gasteiger partial charge on any atom is -0.342 e. The van der Waals surface area contributed by atoms with Gasteiger partial charge < -0.3 is 5.32 Å². The van der Waals surface area contributed by atoms with E-state index in [1.165, 1.54) is 24.3 Å². The number of carbonyl (C=O) groups is 1. The summed E-state index contributed by atoms with van der Waals surface area (Å²) in [6.45, 7) is 0. The molecule has 1 aliphatic carbocycles. The molecule has 1 N–H and O–H groups in total. The summed E-state index contributed by atoms with van der Waals surface area (Å²) in [5.41, 5.74) is 0.760. The number of amides is 1. The second kappa shape index (κ2) is 10.3. The number of rotatable bonds is 6. The van der Waals surface area contributed by atoms with E-state index >= 15 is 0 Å². The molecule has 0 spiro atoms. The number of pyridine rings is 1. The Kier molecular flexibility index (Phi) is 7.72. The Labute approximate surface area is 227 Å². The van der Waals surface area contributed by atoms with Gasteiger partial charge in [-0.05, 0) is 75.8 Å². The van der Waals surface area contributed by atoms with Crippen molar-refractivity contribution in [1.82, 2.24) is 10.3 Å². The Hall–Kier alpha value is -2.13. The molecule has 1 saturated carbocycles. The molecule has 0 radical (unpaired) electrons. The van der Waals surface area contributed by atoms with Crippen molar-refractivity contribution in [1.29, 1.82) is 0 Å². The van der Waals surface area contributed by atoms with E-state index in [1.807, 2.05) is 6.07 Å². The van der Waals surface area contributed by atoms with Crippen molar-refractivity contribution >= 4 is 62.7 Å². The maximum Gasteiger partial charge on any atom is 0.399 e. The first-order valence-corrected chi connectivity index (χ1v) is 12.5. The Morgan fingerprint density at radius 1 is 1.08 bits per heavy atom. The third-order valence-corrected chi connectivity index (χ3v) is 7.25. The van der Waals surface area contributed by atoms with E-state index in [0.717, 1.165) is 36.6 Å². The minimum atomic E-state index is -4.67. The number of halogens is 8. The third-order valence-electron chi connectivity index (χ3n) is 5.82. The molecule has 0 aliphatic heterocycles. The first kappa shape index (κ1) is 26.9. The lowest BCUT2D eigenvalue weighted by molar-refractivity contribution is -0.139. The summed E-state index contributed by atoms with van der Waals surface area (Å²) < 4.78 is 55.3. The van der Waals surface area contributed by atoms with Gasteiger partial charge in [0.2, 0.25) is 0 Å². The van der Waals surface area contributed by atoms with Crippen LogP contribution in [0.4, 0.5) is 17.6 Å². The van der Waals surface area contributed by atoms with E-state index in [0.29, 0.717) is 20.8 Å². The van der Waals surface area contributed by atoms with Gasteiger partial charge in [-0.2, -0.15) is 13.2 Å². The van der Waals surface area contributed by atoms with E-state index in [1.54, 1.807) is 12.3 Å². The summed E-state index contributed by atoms with van der Waals surface area (Å²) >= 11 is 20.6. The Balaban J connectivity index is 1.54. The molecule has 2 aromatic carbocycles. The van der Waals surface area contributed by atoms with E-state index in [4.69, 9.17) is 34.8 Å². The fraction of sp³-hybridized carbons (Fsp3) is 0.200. The summed E-state index contributed by atoms with van der Waals surface area (Å²) in [4.78, 5) is 17.0. The molecule has 0 saturated heterocycles. The number of hydrogen-bond acceptors (Lipinski definition) is 2. The highest BCUT2D eigenvalue weighted by Gasteiger charge is 2.46. The normalized spacial score (nSPS) is 15.7. The molecular formula is C25H16BrCl3F4N2O. The molecule has 36 heavy (non-hydrogen) atoms. The molecule has 1 aliphatic rings. The van der Waals surface area contributed by atoms with Crippen molar-refractivity contribution in [3.8, 4) is 0 Å². The first-order chi connectivity index (χ1) is 16.9. The Morgan fingerprint density at radius 2 is 1.75 bits per heavy atom. The molecule has 1 unspecified atom stereocenters. The standard InChI is InChI=1S/C25H16BrCl3F4N2O/c26-18-9-13(2-5-17(25(31,32)33)14-10-19(27)22(30)20(28)11-14)1-4-16(18)23(36)35-24(7-8-24)15-3-6-21(29)34-12-15/h1-6,9-12,17H,7-8H2,(H,35,36)/b5-2+. The Bertz CT molecular complexity index is 1320. The van der Waals surface area contributed by atoms with E-state index in [-0.39, 0.29) is 11.5 Å². The summed E-state index contributed by atoms with van der Waals surface area (Å²) in [5.74, 6) is -3.39. The van der Waals surface area contributed by atoms with Crippen molar-refractivity contribution in [3.05, 3.63) is 102 Å². The molecule has 3 nitrogen and oxygen atoms in total. The lowest BCUT2D eigenvalue weighted by Crippen LogP contribution is -2.35. The van der Waals surface area contributed by atoms with Crippen LogP contribution < -0.4 is 5.32 Å². The molecule has 1 aromatic heterocycles. The second-order valence-corrected chi connectivity index (χ2v) is 10.4. The van der Waals surface area contributed by atoms with Gasteiger partial charge >= 0.3 is 6.18 Å². The van der Waals surface area contributed by atoms with Gasteiger partial charge in [-0.1, -0.05) is 59.1 Å². The average molecular weight is 623 g/mol. The van der Waals surface area contributed by atoms with Gasteiger partial charge in [0.25, 0.3) is 5.91 Å². The van der Waals surface area contributed by atoms with Crippen LogP contribution in [0.2, 0.25) is 15.2 Å². The van der Waals surface area contributed by atoms with Gasteiger partial charge in [0.05, 0.1) is 27.1 Å². The zero-order valence-electron chi connectivity index (χ0n) is 18.1. The average Bonchev–Trinajstić information content (AvgIpc) is 3.57. The van der Waals surface area contributed by atoms with Gasteiger partial charge in [0.1, 0.15) is 5.15 Å². The predicted octanol–water partition coefficient (Wildman–Crippen LogP) is 8.72. The number of benzene rings is 2. The number of alkyl halides is 3. The smallest absolute Gasteiger partial charge is 0.342 e. The van der Waals surface area contributed by atoms with Crippen LogP contribution in [0.25, 0.3) is 6.08 Å². The van der Waals surface area contributed by atoms with Crippen molar-refractivity contribution in [2.75, 3.05) is 0 Å². The third kappa shape index (κ3) is 5.88. The molecule has 3 aromatic rings. The number of carbonyl (C=O) groups excluding carboxylic acids is 1. The molecule has 0 bridgehead atoms. The van der Waals surface area contributed by atoms with Crippen LogP contribution >= 0.6 is 50.7 Å². The van der Waals surface area contributed by atoms with Crippen molar-refractivity contribution in [2.45, 2.75) is 30.5 Å². The first-order valence-electron chi connectivity index (χ1n) is 10.5. The van der Waals surface area contributed by atoms with Gasteiger partial charge in [0, 0.05) is 10.7 Å². The molecule has 1 heterocycles. The molecule has 1 fully saturated rings. The summed E-state index contributed by atoms with van der Waals surface area (Å²) in [6.07, 6.45) is 0.628. The second-order valence-electron chi connectivity index (χ2n) is 8.32. The van der Waals surface area contributed by atoms with Crippen LogP contribution in [-0.4, -0.2) is 17.1 Å². The highest BCUT2D eigenvalue weighted by atomic mass is 79.9. The summed E-state index contributed by atoms with van der Waals surface area (Å²) in [6, 6.07) is 9.84. The van der Waals surface area contributed by atoms with Crippen molar-refractivity contribution < 1.29 is 22.4 Å². The molecule has 4 rings (SSSR count). The monoisotopic (exact) mass is 620 g/mol. The zero-order chi connectivity index (χ0) is 26.3. The lowest BCUT2D eigenvalue weighted by Gasteiger charge is -2.19. The predicted molar refractivity (Wildman–Crippen MR) is 136 cm³/mol. The maximum atomic E-state index is 13.7. The van der Waals surface area contributed by atoms with Crippen molar-refractivity contribution in [2.24, 2.45) is 0 Å². The summed E-state index contributed by atoms with van der Waals surface area (Å²) in [5, 5.41) is 2.37. The van der Waals surface area contributed by atoms with Crippen LogP contribution in [0.15, 0.2) is 59.2 Å². The fourth-order valence-electron chi connectivity index (χ4n) is 3.74. The molecule has 188 valence electrons. The number of allylic oxidation sites excluding steroid dienone is 1. The number of aromatic nitrogens is 1. The lowest BCUT2D eigenvalue weighted by atomic mass is 9.96. The van der Waals surface area contributed by atoms with Crippen LogP contribution in [0, 0.1) is 5.82 Å². The van der Waals surface area contributed by atoms with Gasteiger partial charge in [-0.3, -0.25) is 4.79 Å². The van der Waals surface area contributed by atoms with E-state index < -0.39 is 33.5 Å². The molecular weight excluding hydrogens is 607 g/mol. The van der Waals surface area contributed by atoms with Crippen LogP contribution in [0.3, 0.4) is 0 Å². The zero-order valence-corrected chi connectivity index (χ0v) is 22.0. The maximum absolute atomic E-state index is 13.7. The van der Waals surface area contributed by atoms with Crippen LogP contribution in [0.5, 0.6) is 0 Å². The van der Waals surface area contributed by atoms with Gasteiger partial charge in [0.15, 0.2) is 5.82 Å². The van der Waals surface area contributed by atoms with E-state index in [2.05, 4.69) is 26.2 Å². The topological polar surface area (TPSA) is 42.0 Å². The molecule has 1 atom stereocenters.